The van der Waals surface area contributed by atoms with Crippen molar-refractivity contribution in [2.24, 2.45) is 10.9 Å². The quantitative estimate of drug-likeness (QED) is 0.633. The van der Waals surface area contributed by atoms with E-state index in [0.29, 0.717) is 12.0 Å². The molecule has 1 saturated heterocycles. The summed E-state index contributed by atoms with van der Waals surface area (Å²) in [7, 11) is 1.86. The Hall–Kier alpha value is -2.56. The summed E-state index contributed by atoms with van der Waals surface area (Å²) >= 11 is 0. The minimum absolute atomic E-state index is 0.472. The van der Waals surface area contributed by atoms with Crippen LogP contribution in [0.3, 0.4) is 0 Å². The fourth-order valence-corrected chi connectivity index (χ4v) is 3.99. The topological polar surface area (TPSA) is 52.6 Å². The van der Waals surface area contributed by atoms with Crippen LogP contribution in [0, 0.1) is 5.92 Å². The van der Waals surface area contributed by atoms with Crippen LogP contribution >= 0.6 is 0 Å². The van der Waals surface area contributed by atoms with Crippen molar-refractivity contribution >= 4 is 11.8 Å². The second kappa shape index (κ2) is 8.42. The minimum atomic E-state index is 0.472. The van der Waals surface area contributed by atoms with Crippen molar-refractivity contribution in [1.82, 2.24) is 15.6 Å². The van der Waals surface area contributed by atoms with Crippen LogP contribution < -0.4 is 15.5 Å². The van der Waals surface area contributed by atoms with Crippen LogP contribution in [-0.4, -0.2) is 43.7 Å². The molecule has 1 saturated carbocycles. The Labute approximate surface area is 161 Å². The van der Waals surface area contributed by atoms with Gasteiger partial charge in [-0.3, -0.25) is 4.99 Å². The summed E-state index contributed by atoms with van der Waals surface area (Å²) in [6, 6.07) is 17.4. The number of piperidine rings is 1. The molecule has 2 fully saturated rings. The molecule has 1 aromatic carbocycles. The zero-order chi connectivity index (χ0) is 18.5. The maximum Gasteiger partial charge on any atom is 0.191 e. The van der Waals surface area contributed by atoms with Gasteiger partial charge in [0.05, 0.1) is 0 Å². The van der Waals surface area contributed by atoms with Gasteiger partial charge >= 0.3 is 0 Å². The molecule has 2 atom stereocenters. The van der Waals surface area contributed by atoms with E-state index in [-0.39, 0.29) is 0 Å². The fraction of sp³-hybridized carbons (Fsp3) is 0.455. The van der Waals surface area contributed by atoms with Gasteiger partial charge < -0.3 is 15.5 Å². The Morgan fingerprint density at radius 3 is 2.59 bits per heavy atom. The van der Waals surface area contributed by atoms with Gasteiger partial charge in [0.15, 0.2) is 5.96 Å². The van der Waals surface area contributed by atoms with Crippen molar-refractivity contribution in [2.75, 3.05) is 31.6 Å². The highest BCUT2D eigenvalue weighted by molar-refractivity contribution is 5.80. The Balaban J connectivity index is 1.20. The number of nitrogens with one attached hydrogen (secondary N) is 2. The summed E-state index contributed by atoms with van der Waals surface area (Å²) in [6.45, 7) is 3.06. The van der Waals surface area contributed by atoms with Gasteiger partial charge in [-0.05, 0) is 48.8 Å². The standard InChI is InChI=1S/C22H29N5/c1-23-22(25-16-18-15-20(18)17-7-3-2-4-8-17)26-19-10-13-27(14-11-19)21-9-5-6-12-24-21/h2-9,12,18-20H,10-11,13-16H2,1H3,(H2,23,25,26). The van der Waals surface area contributed by atoms with Crippen molar-refractivity contribution < 1.29 is 0 Å². The summed E-state index contributed by atoms with van der Waals surface area (Å²) in [4.78, 5) is 11.3. The van der Waals surface area contributed by atoms with Gasteiger partial charge in [-0.2, -0.15) is 0 Å². The molecule has 0 spiro atoms. The maximum absolute atomic E-state index is 4.46. The van der Waals surface area contributed by atoms with E-state index in [9.17, 15) is 0 Å². The van der Waals surface area contributed by atoms with Crippen LogP contribution in [0.15, 0.2) is 59.7 Å². The predicted molar refractivity (Wildman–Crippen MR) is 111 cm³/mol. The summed E-state index contributed by atoms with van der Waals surface area (Å²) in [5.41, 5.74) is 1.47. The number of pyridine rings is 1. The smallest absolute Gasteiger partial charge is 0.191 e. The van der Waals surface area contributed by atoms with E-state index < -0.39 is 0 Å². The highest BCUT2D eigenvalue weighted by Crippen LogP contribution is 2.46. The number of nitrogens with zero attached hydrogens (tertiary/aromatic N) is 3. The maximum atomic E-state index is 4.46. The van der Waals surface area contributed by atoms with Crippen LogP contribution in [0.1, 0.15) is 30.7 Å². The number of hydrogen-bond donors (Lipinski definition) is 2. The second-order valence-corrected chi connectivity index (χ2v) is 7.56. The first-order chi connectivity index (χ1) is 13.3. The Bertz CT molecular complexity index is 738. The van der Waals surface area contributed by atoms with Crippen LogP contribution in [0.2, 0.25) is 0 Å². The van der Waals surface area contributed by atoms with Crippen molar-refractivity contribution in [3.63, 3.8) is 0 Å². The number of anilines is 1. The molecule has 2 heterocycles. The molecule has 2 aliphatic rings. The first kappa shape index (κ1) is 17.8. The monoisotopic (exact) mass is 363 g/mol. The lowest BCUT2D eigenvalue weighted by Gasteiger charge is -2.33. The first-order valence-corrected chi connectivity index (χ1v) is 10.0. The molecule has 27 heavy (non-hydrogen) atoms. The highest BCUT2D eigenvalue weighted by atomic mass is 15.2. The van der Waals surface area contributed by atoms with Crippen molar-refractivity contribution in [3.8, 4) is 0 Å². The van der Waals surface area contributed by atoms with Gasteiger partial charge in [0.25, 0.3) is 0 Å². The van der Waals surface area contributed by atoms with Crippen molar-refractivity contribution in [1.29, 1.82) is 0 Å². The van der Waals surface area contributed by atoms with Gasteiger partial charge in [-0.1, -0.05) is 36.4 Å². The lowest BCUT2D eigenvalue weighted by molar-refractivity contribution is 0.459. The zero-order valence-electron chi connectivity index (χ0n) is 16.0. The van der Waals surface area contributed by atoms with Gasteiger partial charge in [-0.25, -0.2) is 4.98 Å². The molecule has 1 aliphatic carbocycles. The number of aromatic nitrogens is 1. The number of hydrogen-bond acceptors (Lipinski definition) is 3. The number of guanidine groups is 1. The molecule has 0 amide bonds. The van der Waals surface area contributed by atoms with Gasteiger partial charge in [0.2, 0.25) is 0 Å². The molecule has 4 rings (SSSR count). The van der Waals surface area contributed by atoms with E-state index >= 15 is 0 Å². The minimum Gasteiger partial charge on any atom is -0.356 e. The second-order valence-electron chi connectivity index (χ2n) is 7.56. The molecule has 2 N–H and O–H groups in total. The summed E-state index contributed by atoms with van der Waals surface area (Å²) in [6.07, 6.45) is 5.35. The van der Waals surface area contributed by atoms with Crippen molar-refractivity contribution in [2.45, 2.75) is 31.2 Å². The predicted octanol–water partition coefficient (Wildman–Crippen LogP) is 3.02. The van der Waals surface area contributed by atoms with Gasteiger partial charge in [0.1, 0.15) is 5.82 Å². The normalized spacial score (nSPS) is 23.1. The van der Waals surface area contributed by atoms with E-state index in [4.69, 9.17) is 0 Å². The van der Waals surface area contributed by atoms with E-state index in [1.807, 2.05) is 19.3 Å². The summed E-state index contributed by atoms with van der Waals surface area (Å²) in [5, 5.41) is 7.14. The number of benzene rings is 1. The van der Waals surface area contributed by atoms with Crippen LogP contribution in [-0.2, 0) is 0 Å². The van der Waals surface area contributed by atoms with Gasteiger partial charge in [-0.15, -0.1) is 0 Å². The molecule has 5 heteroatoms. The molecule has 142 valence electrons. The van der Waals surface area contributed by atoms with Crippen molar-refractivity contribution in [3.05, 3.63) is 60.3 Å². The third kappa shape index (κ3) is 4.59. The average Bonchev–Trinajstić information content (AvgIpc) is 3.52. The van der Waals surface area contributed by atoms with E-state index in [2.05, 4.69) is 68.0 Å². The average molecular weight is 364 g/mol. The lowest BCUT2D eigenvalue weighted by Crippen LogP contribution is -2.49. The largest absolute Gasteiger partial charge is 0.356 e. The molecule has 2 aromatic rings. The van der Waals surface area contributed by atoms with E-state index in [0.717, 1.165) is 50.2 Å². The molecule has 5 nitrogen and oxygen atoms in total. The SMILES string of the molecule is CN=C(NCC1CC1c1ccccc1)NC1CCN(c2ccccn2)CC1. The third-order valence-electron chi connectivity index (χ3n) is 5.71. The van der Waals surface area contributed by atoms with E-state index in [1.165, 1.54) is 12.0 Å². The highest BCUT2D eigenvalue weighted by Gasteiger charge is 2.37. The first-order valence-electron chi connectivity index (χ1n) is 10.0. The lowest BCUT2D eigenvalue weighted by atomic mass is 10.1. The van der Waals surface area contributed by atoms with E-state index in [1.54, 1.807) is 0 Å². The number of aliphatic imine (C=N–C) groups is 1. The molecule has 0 bridgehead atoms. The molecular weight excluding hydrogens is 334 g/mol. The fourth-order valence-electron chi connectivity index (χ4n) is 3.99. The van der Waals surface area contributed by atoms with Crippen LogP contribution in [0.4, 0.5) is 5.82 Å². The number of rotatable bonds is 5. The molecule has 2 unspecified atom stereocenters. The molecule has 1 aromatic heterocycles. The van der Waals surface area contributed by atoms with Crippen LogP contribution in [0.25, 0.3) is 0 Å². The Morgan fingerprint density at radius 2 is 1.89 bits per heavy atom. The zero-order valence-corrected chi connectivity index (χ0v) is 16.0. The molecule has 1 aliphatic heterocycles. The Kier molecular flexibility index (Phi) is 5.56. The Morgan fingerprint density at radius 1 is 1.11 bits per heavy atom. The molecule has 0 radical (unpaired) electrons. The summed E-state index contributed by atoms with van der Waals surface area (Å²) < 4.78 is 0. The van der Waals surface area contributed by atoms with Crippen LogP contribution in [0.5, 0.6) is 0 Å². The molecular formula is C22H29N5. The van der Waals surface area contributed by atoms with Gasteiger partial charge in [0, 0.05) is 38.9 Å². The summed E-state index contributed by atoms with van der Waals surface area (Å²) in [5.74, 6) is 3.44. The third-order valence-corrected chi connectivity index (χ3v) is 5.71.